The van der Waals surface area contributed by atoms with Crippen LogP contribution in [-0.4, -0.2) is 23.0 Å². The number of amides is 1. The molecule has 4 nitrogen and oxygen atoms in total. The predicted molar refractivity (Wildman–Crippen MR) is 70.2 cm³/mol. The van der Waals surface area contributed by atoms with Crippen molar-refractivity contribution in [1.29, 1.82) is 0 Å². The summed E-state index contributed by atoms with van der Waals surface area (Å²) in [5.41, 5.74) is 0. The standard InChI is InChI=1S/C14H25NO3/c1-10(11(2)14(17)18)13(16)15-12-8-6-4-3-5-7-9-12/h10-12H,3-9H2,1-2H3,(H,15,16)(H,17,18). The van der Waals surface area contributed by atoms with Crippen molar-refractivity contribution in [1.82, 2.24) is 5.32 Å². The van der Waals surface area contributed by atoms with Gasteiger partial charge in [0.2, 0.25) is 5.91 Å². The van der Waals surface area contributed by atoms with Crippen molar-refractivity contribution in [3.8, 4) is 0 Å². The molecule has 0 aromatic carbocycles. The second-order valence-electron chi connectivity index (χ2n) is 5.47. The average molecular weight is 255 g/mol. The first-order chi connectivity index (χ1) is 8.52. The average Bonchev–Trinajstić information content (AvgIpc) is 2.30. The van der Waals surface area contributed by atoms with E-state index in [9.17, 15) is 9.59 Å². The van der Waals surface area contributed by atoms with Crippen LogP contribution in [0.5, 0.6) is 0 Å². The third-order valence-electron chi connectivity index (χ3n) is 4.00. The molecule has 104 valence electrons. The van der Waals surface area contributed by atoms with Gasteiger partial charge in [-0.05, 0) is 12.8 Å². The smallest absolute Gasteiger partial charge is 0.307 e. The molecule has 0 heterocycles. The van der Waals surface area contributed by atoms with Gasteiger partial charge < -0.3 is 10.4 Å². The highest BCUT2D eigenvalue weighted by Crippen LogP contribution is 2.18. The summed E-state index contributed by atoms with van der Waals surface area (Å²) in [7, 11) is 0. The second kappa shape index (κ2) is 7.39. The van der Waals surface area contributed by atoms with E-state index in [4.69, 9.17) is 5.11 Å². The van der Waals surface area contributed by atoms with Gasteiger partial charge in [0.15, 0.2) is 0 Å². The van der Waals surface area contributed by atoms with Crippen LogP contribution in [0.15, 0.2) is 0 Å². The zero-order chi connectivity index (χ0) is 13.5. The van der Waals surface area contributed by atoms with Crippen molar-refractivity contribution in [2.45, 2.75) is 64.8 Å². The molecule has 1 rings (SSSR count). The van der Waals surface area contributed by atoms with Gasteiger partial charge in [0.05, 0.1) is 5.92 Å². The number of carboxylic acids is 1. The van der Waals surface area contributed by atoms with Crippen molar-refractivity contribution in [2.75, 3.05) is 0 Å². The van der Waals surface area contributed by atoms with Crippen LogP contribution in [-0.2, 0) is 9.59 Å². The Bertz CT molecular complexity index is 283. The zero-order valence-electron chi connectivity index (χ0n) is 11.4. The Morgan fingerprint density at radius 3 is 2.00 bits per heavy atom. The largest absolute Gasteiger partial charge is 0.481 e. The van der Waals surface area contributed by atoms with E-state index in [1.807, 2.05) is 0 Å². The fourth-order valence-corrected chi connectivity index (χ4v) is 2.37. The van der Waals surface area contributed by atoms with Crippen LogP contribution in [0, 0.1) is 11.8 Å². The van der Waals surface area contributed by atoms with Gasteiger partial charge in [0.1, 0.15) is 0 Å². The van der Waals surface area contributed by atoms with E-state index in [0.29, 0.717) is 0 Å². The van der Waals surface area contributed by atoms with E-state index in [1.54, 1.807) is 13.8 Å². The highest BCUT2D eigenvalue weighted by molar-refractivity contribution is 5.84. The zero-order valence-corrected chi connectivity index (χ0v) is 11.4. The Hall–Kier alpha value is -1.06. The first-order valence-corrected chi connectivity index (χ1v) is 7.05. The normalized spacial score (nSPS) is 21.4. The van der Waals surface area contributed by atoms with E-state index in [0.717, 1.165) is 25.7 Å². The Morgan fingerprint density at radius 2 is 1.50 bits per heavy atom. The van der Waals surface area contributed by atoms with Crippen LogP contribution in [0.1, 0.15) is 58.8 Å². The maximum Gasteiger partial charge on any atom is 0.307 e. The van der Waals surface area contributed by atoms with E-state index in [2.05, 4.69) is 5.32 Å². The van der Waals surface area contributed by atoms with Crippen molar-refractivity contribution in [3.05, 3.63) is 0 Å². The Morgan fingerprint density at radius 1 is 1.00 bits per heavy atom. The molecule has 1 fully saturated rings. The Balaban J connectivity index is 2.44. The molecular formula is C14H25NO3. The number of hydrogen-bond acceptors (Lipinski definition) is 2. The minimum absolute atomic E-state index is 0.115. The minimum atomic E-state index is -0.907. The van der Waals surface area contributed by atoms with E-state index < -0.39 is 17.8 Å². The summed E-state index contributed by atoms with van der Waals surface area (Å²) in [6.07, 6.45) is 8.16. The lowest BCUT2D eigenvalue weighted by Gasteiger charge is -2.24. The summed E-state index contributed by atoms with van der Waals surface area (Å²) in [4.78, 5) is 22.8. The van der Waals surface area contributed by atoms with Gasteiger partial charge in [-0.2, -0.15) is 0 Å². The molecule has 0 spiro atoms. The SMILES string of the molecule is CC(C(=O)O)C(C)C(=O)NC1CCCCCCC1. The van der Waals surface area contributed by atoms with Crippen molar-refractivity contribution in [3.63, 3.8) is 0 Å². The predicted octanol–water partition coefficient (Wildman–Crippen LogP) is 2.57. The molecule has 0 saturated heterocycles. The molecule has 0 bridgehead atoms. The number of carboxylic acid groups (broad SMARTS) is 1. The molecule has 0 aromatic heterocycles. The minimum Gasteiger partial charge on any atom is -0.481 e. The summed E-state index contributed by atoms with van der Waals surface area (Å²) in [5.74, 6) is -2.11. The highest BCUT2D eigenvalue weighted by atomic mass is 16.4. The van der Waals surface area contributed by atoms with Gasteiger partial charge in [0, 0.05) is 12.0 Å². The molecular weight excluding hydrogens is 230 g/mol. The topological polar surface area (TPSA) is 66.4 Å². The van der Waals surface area contributed by atoms with Gasteiger partial charge in [-0.15, -0.1) is 0 Å². The van der Waals surface area contributed by atoms with Crippen LogP contribution in [0.4, 0.5) is 0 Å². The van der Waals surface area contributed by atoms with Gasteiger partial charge in [-0.25, -0.2) is 0 Å². The highest BCUT2D eigenvalue weighted by Gasteiger charge is 2.27. The van der Waals surface area contributed by atoms with Crippen LogP contribution in [0.2, 0.25) is 0 Å². The second-order valence-corrected chi connectivity index (χ2v) is 5.47. The van der Waals surface area contributed by atoms with Gasteiger partial charge in [-0.1, -0.05) is 46.0 Å². The van der Waals surface area contributed by atoms with E-state index >= 15 is 0 Å². The van der Waals surface area contributed by atoms with Crippen LogP contribution in [0.25, 0.3) is 0 Å². The molecule has 18 heavy (non-hydrogen) atoms. The lowest BCUT2D eigenvalue weighted by Crippen LogP contribution is -2.41. The number of carbonyl (C=O) groups is 2. The summed E-state index contributed by atoms with van der Waals surface area (Å²) in [6, 6.07) is 0.237. The van der Waals surface area contributed by atoms with Crippen LogP contribution >= 0.6 is 0 Å². The van der Waals surface area contributed by atoms with Gasteiger partial charge in [-0.3, -0.25) is 9.59 Å². The quantitative estimate of drug-likeness (QED) is 0.811. The number of carbonyl (C=O) groups excluding carboxylic acids is 1. The summed E-state index contributed by atoms with van der Waals surface area (Å²) >= 11 is 0. The van der Waals surface area contributed by atoms with E-state index in [-0.39, 0.29) is 11.9 Å². The van der Waals surface area contributed by atoms with Crippen LogP contribution in [0.3, 0.4) is 0 Å². The molecule has 1 amide bonds. The van der Waals surface area contributed by atoms with Crippen molar-refractivity contribution >= 4 is 11.9 Å². The Kier molecular flexibility index (Phi) is 6.16. The lowest BCUT2D eigenvalue weighted by molar-refractivity contribution is -0.146. The molecule has 0 radical (unpaired) electrons. The van der Waals surface area contributed by atoms with Gasteiger partial charge >= 0.3 is 5.97 Å². The molecule has 2 unspecified atom stereocenters. The monoisotopic (exact) mass is 255 g/mol. The summed E-state index contributed by atoms with van der Waals surface area (Å²) in [5, 5.41) is 11.9. The molecule has 4 heteroatoms. The molecule has 2 atom stereocenters. The van der Waals surface area contributed by atoms with Crippen molar-refractivity contribution < 1.29 is 14.7 Å². The van der Waals surface area contributed by atoms with Crippen molar-refractivity contribution in [2.24, 2.45) is 11.8 Å². The third kappa shape index (κ3) is 4.67. The summed E-state index contributed by atoms with van der Waals surface area (Å²) < 4.78 is 0. The first-order valence-electron chi connectivity index (χ1n) is 7.05. The Labute approximate surface area is 109 Å². The maximum atomic E-state index is 12.0. The first kappa shape index (κ1) is 15.0. The molecule has 1 aliphatic carbocycles. The molecule has 1 saturated carbocycles. The molecule has 0 aliphatic heterocycles. The fourth-order valence-electron chi connectivity index (χ4n) is 2.37. The molecule has 1 aliphatic rings. The molecule has 2 N–H and O–H groups in total. The molecule has 0 aromatic rings. The lowest BCUT2D eigenvalue weighted by atomic mass is 9.93. The number of rotatable bonds is 4. The van der Waals surface area contributed by atoms with Gasteiger partial charge in [0.25, 0.3) is 0 Å². The summed E-state index contributed by atoms with van der Waals surface area (Å²) in [6.45, 7) is 3.28. The third-order valence-corrected chi connectivity index (χ3v) is 4.00. The fraction of sp³-hybridized carbons (Fsp3) is 0.857. The number of nitrogens with one attached hydrogen (secondary N) is 1. The van der Waals surface area contributed by atoms with Crippen LogP contribution < -0.4 is 5.32 Å². The number of hydrogen-bond donors (Lipinski definition) is 2. The number of aliphatic carboxylic acids is 1. The maximum absolute atomic E-state index is 12.0. The van der Waals surface area contributed by atoms with E-state index in [1.165, 1.54) is 19.3 Å².